The molecule has 9 aromatic rings. The third kappa shape index (κ3) is 25.7. The van der Waals surface area contributed by atoms with Gasteiger partial charge in [0.2, 0.25) is 5.91 Å². The van der Waals surface area contributed by atoms with Crippen molar-refractivity contribution in [2.24, 2.45) is 5.92 Å². The van der Waals surface area contributed by atoms with Crippen LogP contribution in [0.25, 0.3) is 22.3 Å². The number of aliphatic hydroxyl groups is 1. The molecule has 0 aromatic heterocycles. The van der Waals surface area contributed by atoms with E-state index in [-0.39, 0.29) is 16.3 Å². The van der Waals surface area contributed by atoms with Crippen LogP contribution in [0.5, 0.6) is 11.5 Å². The molecular formula is C81H82ClF7N6O9S. The zero-order chi connectivity index (χ0) is 77.1. The van der Waals surface area contributed by atoms with Crippen LogP contribution in [0.2, 0.25) is 0 Å². The first-order valence-electron chi connectivity index (χ1n) is 33.1. The number of carbonyl (C=O) groups is 2. The molecule has 552 valence electrons. The third-order valence-corrected chi connectivity index (χ3v) is 17.8. The molecule has 24 heteroatoms. The molecule has 0 fully saturated rings. The van der Waals surface area contributed by atoms with Gasteiger partial charge < -0.3 is 35.0 Å². The van der Waals surface area contributed by atoms with Crippen molar-refractivity contribution in [3.05, 3.63) is 297 Å². The second kappa shape index (κ2) is 39.4. The van der Waals surface area contributed by atoms with Crippen LogP contribution in [-0.4, -0.2) is 112 Å². The van der Waals surface area contributed by atoms with E-state index in [1.165, 1.54) is 61.7 Å². The number of ether oxygens (including phenoxy) is 2. The van der Waals surface area contributed by atoms with Gasteiger partial charge in [-0.2, -0.15) is 31.6 Å². The van der Waals surface area contributed by atoms with Crippen LogP contribution in [0.1, 0.15) is 90.6 Å². The molecule has 0 spiro atoms. The largest absolute Gasteiger partial charge is 0.492 e. The summed E-state index contributed by atoms with van der Waals surface area (Å²) in [6, 6.07) is 69.0. The maximum absolute atomic E-state index is 13.0. The number of nitrogens with one attached hydrogen (secondary N) is 2. The Labute approximate surface area is 612 Å². The quantitative estimate of drug-likeness (QED) is 0.0122. The molecular weight excluding hydrogens is 1400 g/mol. The van der Waals surface area contributed by atoms with E-state index in [9.17, 15) is 64.0 Å². The van der Waals surface area contributed by atoms with Crippen molar-refractivity contribution < 1.29 is 68.2 Å². The molecule has 0 radical (unpaired) electrons. The normalized spacial score (nSPS) is 12.4. The van der Waals surface area contributed by atoms with Gasteiger partial charge in [-0.3, -0.25) is 19.7 Å². The van der Waals surface area contributed by atoms with Crippen LogP contribution < -0.4 is 20.1 Å². The van der Waals surface area contributed by atoms with Gasteiger partial charge in [-0.25, -0.2) is 12.8 Å². The Bertz CT molecular complexity index is 4520. The molecule has 0 heterocycles. The summed E-state index contributed by atoms with van der Waals surface area (Å²) in [5, 5.41) is 33.8. The van der Waals surface area contributed by atoms with Crippen LogP contribution >= 0.6 is 11.6 Å². The summed E-state index contributed by atoms with van der Waals surface area (Å²) >= 11 is 6.21. The Hall–Kier alpha value is -10.5. The number of nitro groups is 1. The maximum Gasteiger partial charge on any atom is 0.423 e. The molecule has 1 atom stereocenters. The second-order valence-corrected chi connectivity index (χ2v) is 27.1. The molecule has 0 aliphatic rings. The Balaban J connectivity index is 0.000000222. The number of carbonyl (C=O) groups excluding carboxylic acids is 2. The van der Waals surface area contributed by atoms with Crippen molar-refractivity contribution >= 4 is 72.6 Å². The number of benzene rings is 9. The van der Waals surface area contributed by atoms with Crippen molar-refractivity contribution in [1.82, 2.24) is 9.80 Å². The highest BCUT2D eigenvalue weighted by Crippen LogP contribution is 2.40. The number of nitro benzene ring substituents is 1. The molecule has 105 heavy (non-hydrogen) atoms. The van der Waals surface area contributed by atoms with E-state index >= 15 is 0 Å². The molecule has 15 nitrogen and oxygen atoms in total. The van der Waals surface area contributed by atoms with Crippen LogP contribution in [0, 0.1) is 33.2 Å². The van der Waals surface area contributed by atoms with Crippen molar-refractivity contribution in [2.75, 3.05) is 76.8 Å². The summed E-state index contributed by atoms with van der Waals surface area (Å²) in [4.78, 5) is 37.0. The topological polar surface area (TPSA) is 204 Å². The smallest absolute Gasteiger partial charge is 0.423 e. The van der Waals surface area contributed by atoms with E-state index in [2.05, 4.69) is 194 Å². The van der Waals surface area contributed by atoms with E-state index in [0.717, 1.165) is 92.9 Å². The van der Waals surface area contributed by atoms with Gasteiger partial charge in [0.15, 0.2) is 15.4 Å². The number of hydrogen-bond acceptors (Lipinski definition) is 12. The second-order valence-electron chi connectivity index (χ2n) is 24.8. The number of likely N-dealkylation sites (N-methyl/N-ethyl adjacent to an activating group) is 2. The molecule has 2 amide bonds. The monoisotopic (exact) mass is 1480 g/mol. The van der Waals surface area contributed by atoms with Gasteiger partial charge in [-0.1, -0.05) is 166 Å². The Morgan fingerprint density at radius 2 is 0.990 bits per heavy atom. The van der Waals surface area contributed by atoms with Gasteiger partial charge in [-0.15, -0.1) is 11.6 Å². The predicted molar refractivity (Wildman–Crippen MR) is 400 cm³/mol. The Morgan fingerprint density at radius 1 is 0.590 bits per heavy atom. The van der Waals surface area contributed by atoms with E-state index in [0.29, 0.717) is 31.2 Å². The first kappa shape index (κ1) is 83.5. The lowest BCUT2D eigenvalue weighted by Gasteiger charge is -2.22. The number of rotatable bonds is 25. The molecule has 3 N–H and O–H groups in total. The molecule has 9 rings (SSSR count). The number of halogens is 8. The highest BCUT2D eigenvalue weighted by Gasteiger charge is 2.40. The molecule has 0 aliphatic heterocycles. The first-order chi connectivity index (χ1) is 49.8. The van der Waals surface area contributed by atoms with Gasteiger partial charge in [-0.05, 0) is 182 Å². The summed E-state index contributed by atoms with van der Waals surface area (Å²) in [6.45, 7) is 9.42. The zero-order valence-corrected chi connectivity index (χ0v) is 60.7. The SMILES string of the molecule is CC(C)C(=O)Nc1ccc([N+](=O)[O-])c(C(F)(F)F)c1.CC/C(=C(\c1ccccc1)c1ccc(OCCN(C)C)cc1)c1ccccc1.CN(C)CCOc1ccc(/C(=C(/CCCl)c2ccccc2)c2ccccc2)cc1.C[C@](O)(CS(=O)(=O)c1ccc(F)cc1)C(=O)Nc1ccc(C#N)c(C(F)(F)F)c1. The minimum Gasteiger partial charge on any atom is -0.492 e. The van der Waals surface area contributed by atoms with E-state index < -0.39 is 84.4 Å². The Morgan fingerprint density at radius 3 is 1.39 bits per heavy atom. The van der Waals surface area contributed by atoms with Gasteiger partial charge in [0.1, 0.15) is 36.1 Å². The Kier molecular flexibility index (Phi) is 31.3. The molecule has 9 aromatic carbocycles. The number of nitrogens with zero attached hydrogens (tertiary/aromatic N) is 4. The highest BCUT2D eigenvalue weighted by molar-refractivity contribution is 7.91. The summed E-state index contributed by atoms with van der Waals surface area (Å²) in [5.74, 6) is -1.56. The van der Waals surface area contributed by atoms with Crippen LogP contribution in [-0.2, 0) is 31.8 Å². The lowest BCUT2D eigenvalue weighted by molar-refractivity contribution is -0.388. The summed E-state index contributed by atoms with van der Waals surface area (Å²) in [6.07, 6.45) is -7.95. The van der Waals surface area contributed by atoms with Crippen LogP contribution in [0.4, 0.5) is 47.8 Å². The molecule has 0 bridgehead atoms. The van der Waals surface area contributed by atoms with E-state index in [1.807, 2.05) is 31.5 Å². The lowest BCUT2D eigenvalue weighted by Crippen LogP contribution is -2.45. The highest BCUT2D eigenvalue weighted by atomic mass is 35.5. The number of hydrogen-bond donors (Lipinski definition) is 3. The van der Waals surface area contributed by atoms with Gasteiger partial charge >= 0.3 is 12.4 Å². The van der Waals surface area contributed by atoms with Gasteiger partial charge in [0.25, 0.3) is 11.6 Å². The lowest BCUT2D eigenvalue weighted by atomic mass is 9.88. The minimum atomic E-state index is -4.86. The van der Waals surface area contributed by atoms with Crippen molar-refractivity contribution in [3.63, 3.8) is 0 Å². The molecule has 0 saturated carbocycles. The number of anilines is 2. The van der Waals surface area contributed by atoms with Gasteiger partial charge in [0.05, 0.1) is 32.8 Å². The van der Waals surface area contributed by atoms with E-state index in [4.69, 9.17) is 26.3 Å². The van der Waals surface area contributed by atoms with Crippen molar-refractivity contribution in [3.8, 4) is 17.6 Å². The number of amides is 2. The fourth-order valence-corrected chi connectivity index (χ4v) is 12.1. The average Bonchev–Trinajstić information content (AvgIpc) is 0.806. The van der Waals surface area contributed by atoms with Crippen LogP contribution in [0.3, 0.4) is 0 Å². The van der Waals surface area contributed by atoms with Crippen molar-refractivity contribution in [2.45, 2.75) is 63.4 Å². The summed E-state index contributed by atoms with van der Waals surface area (Å²) in [5.41, 5.74) is 4.98. The van der Waals surface area contributed by atoms with Crippen molar-refractivity contribution in [1.29, 1.82) is 5.26 Å². The van der Waals surface area contributed by atoms with E-state index in [1.54, 1.807) is 13.8 Å². The standard InChI is InChI=1S/C26H28ClNO.C26H29NO.C18H14F4N2O4S.C11H11F3N2O3/c1-28(2)19-20-29-24-15-13-23(14-16-24)26(22-11-7-4-8-12-22)25(17-18-27)21-9-5-3-6-10-21;1-4-25(21-11-7-5-8-12-21)26(22-13-9-6-10-14-22)23-15-17-24(18-16-23)28-20-19-27(2)3;1-17(26,10-29(27,28)14-6-3-12(19)4-7-14)16(25)24-13-5-2-11(9-23)15(8-13)18(20,21)22;1-6(2)10(17)15-7-3-4-9(16(18)19)8(5-7)11(12,13)14/h3-16H,17-20H2,1-2H3;5-18H,4,19-20H2,1-3H3;2-8,26H,10H2,1H3,(H,24,25);3-6H,1-2H3,(H,15,17)/b2*26-25-;;/t;;17-;/m..0./s1. The third-order valence-electron chi connectivity index (χ3n) is 15.7. The average molecular weight is 1480 g/mol. The summed E-state index contributed by atoms with van der Waals surface area (Å²) < 4.78 is 126. The van der Waals surface area contributed by atoms with Gasteiger partial charge in [0, 0.05) is 42.3 Å². The first-order valence-corrected chi connectivity index (χ1v) is 35.2. The number of alkyl halides is 7. The fourth-order valence-electron chi connectivity index (χ4n) is 10.3. The fraction of sp³-hybridized carbons (Fsp3) is 0.247. The minimum absolute atomic E-state index is 0.128. The molecule has 0 saturated heterocycles. The predicted octanol–water partition coefficient (Wildman–Crippen LogP) is 18.3. The number of sulfone groups is 1. The molecule has 0 unspecified atom stereocenters. The molecule has 0 aliphatic carbocycles. The maximum atomic E-state index is 13.0. The summed E-state index contributed by atoms with van der Waals surface area (Å²) in [7, 11) is 3.99. The van der Waals surface area contributed by atoms with Crippen LogP contribution in [0.15, 0.2) is 235 Å². The number of nitriles is 1. The number of allylic oxidation sites excluding steroid dienone is 2. The zero-order valence-electron chi connectivity index (χ0n) is 59.1.